The first-order valence-corrected chi connectivity index (χ1v) is 9.48. The van der Waals surface area contributed by atoms with E-state index in [-0.39, 0.29) is 12.1 Å². The van der Waals surface area contributed by atoms with Gasteiger partial charge in [0.05, 0.1) is 13.2 Å². The Balaban J connectivity index is 1.51. The second-order valence-electron chi connectivity index (χ2n) is 6.68. The Kier molecular flexibility index (Phi) is 6.21. The maximum atomic E-state index is 11.8. The molecule has 1 amide bonds. The minimum atomic E-state index is -0.223. The molecule has 1 aromatic heterocycles. The van der Waals surface area contributed by atoms with Gasteiger partial charge in [0, 0.05) is 37.1 Å². The maximum absolute atomic E-state index is 11.8. The molecule has 7 nitrogen and oxygen atoms in total. The van der Waals surface area contributed by atoms with E-state index in [1.165, 1.54) is 0 Å². The zero-order chi connectivity index (χ0) is 19.2. The summed E-state index contributed by atoms with van der Waals surface area (Å²) in [6.45, 7) is 6.26. The summed E-state index contributed by atoms with van der Waals surface area (Å²) in [7, 11) is 1.76. The van der Waals surface area contributed by atoms with E-state index in [4.69, 9.17) is 9.15 Å². The number of nitrogens with one attached hydrogen (secondary N) is 2. The van der Waals surface area contributed by atoms with E-state index in [0.717, 1.165) is 41.1 Å². The minimum Gasteiger partial charge on any atom is -0.459 e. The van der Waals surface area contributed by atoms with Crippen molar-refractivity contribution >= 4 is 23.0 Å². The number of ether oxygens (including phenoxy) is 1. The Hall–Kier alpha value is -2.70. The first kappa shape index (κ1) is 19.1. The lowest BCUT2D eigenvalue weighted by atomic mass is 10.1. The number of guanidine groups is 1. The molecule has 0 unspecified atom stereocenters. The van der Waals surface area contributed by atoms with Crippen LogP contribution in [0.25, 0.3) is 11.0 Å². The summed E-state index contributed by atoms with van der Waals surface area (Å²) in [4.78, 5) is 17.9. The summed E-state index contributed by atoms with van der Waals surface area (Å²) in [6, 6.07) is 8.33. The zero-order valence-corrected chi connectivity index (χ0v) is 16.2. The van der Waals surface area contributed by atoms with Crippen molar-refractivity contribution in [3.8, 4) is 0 Å². The first-order chi connectivity index (χ1) is 13.1. The average molecular weight is 372 g/mol. The van der Waals surface area contributed by atoms with Crippen molar-refractivity contribution in [2.75, 3.05) is 26.7 Å². The third-order valence-electron chi connectivity index (χ3n) is 4.94. The molecule has 0 saturated carbocycles. The maximum Gasteiger partial charge on any atom is 0.409 e. The molecule has 2 aromatic rings. The van der Waals surface area contributed by atoms with Gasteiger partial charge in [0.15, 0.2) is 5.96 Å². The third kappa shape index (κ3) is 4.53. The highest BCUT2D eigenvalue weighted by molar-refractivity contribution is 5.83. The van der Waals surface area contributed by atoms with E-state index in [1.807, 2.05) is 25.1 Å². The number of hydrogen-bond donors (Lipinski definition) is 2. The molecule has 146 valence electrons. The Labute approximate surface area is 159 Å². The molecule has 1 aliphatic heterocycles. The van der Waals surface area contributed by atoms with Gasteiger partial charge in [0.2, 0.25) is 0 Å². The first-order valence-electron chi connectivity index (χ1n) is 9.48. The Morgan fingerprint density at radius 3 is 2.74 bits per heavy atom. The predicted octanol–water partition coefficient (Wildman–Crippen LogP) is 3.03. The van der Waals surface area contributed by atoms with Gasteiger partial charge < -0.3 is 24.7 Å². The standard InChI is InChI=1S/C20H28N4O3/c1-4-26-20(25)24-11-9-15(10-12-24)23-19(21-3)22-13-18-14(2)16-7-5-6-8-17(16)27-18/h5-8,15H,4,9-13H2,1-3H3,(H2,21,22,23). The predicted molar refractivity (Wildman–Crippen MR) is 106 cm³/mol. The van der Waals surface area contributed by atoms with Gasteiger partial charge in [-0.1, -0.05) is 18.2 Å². The molecular weight excluding hydrogens is 344 g/mol. The van der Waals surface area contributed by atoms with E-state index in [1.54, 1.807) is 11.9 Å². The van der Waals surface area contributed by atoms with Gasteiger partial charge in [-0.3, -0.25) is 4.99 Å². The van der Waals surface area contributed by atoms with Gasteiger partial charge in [-0.25, -0.2) is 4.79 Å². The van der Waals surface area contributed by atoms with Crippen molar-refractivity contribution in [3.63, 3.8) is 0 Å². The van der Waals surface area contributed by atoms with Crippen LogP contribution in [-0.4, -0.2) is 49.7 Å². The number of carbonyl (C=O) groups excluding carboxylic acids is 1. The van der Waals surface area contributed by atoms with Gasteiger partial charge in [0.25, 0.3) is 0 Å². The number of carbonyl (C=O) groups is 1. The number of piperidine rings is 1. The van der Waals surface area contributed by atoms with Gasteiger partial charge in [0.1, 0.15) is 11.3 Å². The Bertz CT molecular complexity index is 807. The molecule has 1 aliphatic rings. The number of furan rings is 1. The van der Waals surface area contributed by atoms with Crippen LogP contribution in [0.5, 0.6) is 0 Å². The molecule has 0 bridgehead atoms. The summed E-state index contributed by atoms with van der Waals surface area (Å²) in [5, 5.41) is 7.91. The molecule has 1 fully saturated rings. The van der Waals surface area contributed by atoms with Crippen molar-refractivity contribution in [2.45, 2.75) is 39.3 Å². The third-order valence-corrected chi connectivity index (χ3v) is 4.94. The molecule has 2 heterocycles. The molecule has 0 aliphatic carbocycles. The van der Waals surface area contributed by atoms with Crippen molar-refractivity contribution in [1.82, 2.24) is 15.5 Å². The molecule has 7 heteroatoms. The van der Waals surface area contributed by atoms with Crippen LogP contribution in [0.3, 0.4) is 0 Å². The van der Waals surface area contributed by atoms with E-state index >= 15 is 0 Å². The SMILES string of the molecule is CCOC(=O)N1CCC(NC(=NC)NCc2oc3ccccc3c2C)CC1. The molecule has 2 N–H and O–H groups in total. The summed E-state index contributed by atoms with van der Waals surface area (Å²) in [6.07, 6.45) is 1.51. The number of fused-ring (bicyclic) bond motifs is 1. The number of likely N-dealkylation sites (tertiary alicyclic amines) is 1. The number of benzene rings is 1. The molecule has 1 saturated heterocycles. The molecule has 27 heavy (non-hydrogen) atoms. The lowest BCUT2D eigenvalue weighted by Crippen LogP contribution is -2.49. The zero-order valence-electron chi connectivity index (χ0n) is 16.2. The molecular formula is C20H28N4O3. The molecule has 0 spiro atoms. The van der Waals surface area contributed by atoms with Gasteiger partial charge >= 0.3 is 6.09 Å². The summed E-state index contributed by atoms with van der Waals surface area (Å²) in [5.74, 6) is 1.65. The highest BCUT2D eigenvalue weighted by Gasteiger charge is 2.24. The van der Waals surface area contributed by atoms with Crippen molar-refractivity contribution in [2.24, 2.45) is 4.99 Å². The van der Waals surface area contributed by atoms with E-state index in [2.05, 4.69) is 28.6 Å². The topological polar surface area (TPSA) is 79.1 Å². The fourth-order valence-corrected chi connectivity index (χ4v) is 3.37. The lowest BCUT2D eigenvalue weighted by Gasteiger charge is -2.32. The number of hydrogen-bond acceptors (Lipinski definition) is 4. The van der Waals surface area contributed by atoms with Gasteiger partial charge in [-0.15, -0.1) is 0 Å². The number of aryl methyl sites for hydroxylation is 1. The second-order valence-corrected chi connectivity index (χ2v) is 6.68. The van der Waals surface area contributed by atoms with Crippen molar-refractivity contribution in [1.29, 1.82) is 0 Å². The Morgan fingerprint density at radius 2 is 2.07 bits per heavy atom. The molecule has 0 radical (unpaired) electrons. The monoisotopic (exact) mass is 372 g/mol. The average Bonchev–Trinajstić information content (AvgIpc) is 3.02. The van der Waals surface area contributed by atoms with Crippen LogP contribution >= 0.6 is 0 Å². The van der Waals surface area contributed by atoms with E-state index < -0.39 is 0 Å². The number of para-hydroxylation sites is 1. The number of rotatable bonds is 4. The normalized spacial score (nSPS) is 15.8. The van der Waals surface area contributed by atoms with Crippen LogP contribution in [0.15, 0.2) is 33.7 Å². The van der Waals surface area contributed by atoms with Crippen LogP contribution < -0.4 is 10.6 Å². The number of amides is 1. The quantitative estimate of drug-likeness (QED) is 0.637. The smallest absolute Gasteiger partial charge is 0.409 e. The van der Waals surface area contributed by atoms with Gasteiger partial charge in [-0.05, 0) is 32.8 Å². The number of nitrogens with zero attached hydrogens (tertiary/aromatic N) is 2. The summed E-state index contributed by atoms with van der Waals surface area (Å²) < 4.78 is 11.0. The summed E-state index contributed by atoms with van der Waals surface area (Å²) >= 11 is 0. The van der Waals surface area contributed by atoms with E-state index in [0.29, 0.717) is 26.2 Å². The lowest BCUT2D eigenvalue weighted by molar-refractivity contribution is 0.0963. The van der Waals surface area contributed by atoms with Crippen LogP contribution in [0.1, 0.15) is 31.1 Å². The molecule has 3 rings (SSSR count). The van der Waals surface area contributed by atoms with Gasteiger partial charge in [-0.2, -0.15) is 0 Å². The minimum absolute atomic E-state index is 0.223. The largest absolute Gasteiger partial charge is 0.459 e. The van der Waals surface area contributed by atoms with Crippen LogP contribution in [0, 0.1) is 6.92 Å². The Morgan fingerprint density at radius 1 is 1.33 bits per heavy atom. The van der Waals surface area contributed by atoms with Crippen LogP contribution in [0.2, 0.25) is 0 Å². The summed E-state index contributed by atoms with van der Waals surface area (Å²) in [5.41, 5.74) is 2.05. The van der Waals surface area contributed by atoms with Crippen LogP contribution in [0.4, 0.5) is 4.79 Å². The van der Waals surface area contributed by atoms with Crippen LogP contribution in [-0.2, 0) is 11.3 Å². The second kappa shape index (κ2) is 8.79. The highest BCUT2D eigenvalue weighted by Crippen LogP contribution is 2.24. The fourth-order valence-electron chi connectivity index (χ4n) is 3.37. The fraction of sp³-hybridized carbons (Fsp3) is 0.500. The number of aliphatic imine (C=N–C) groups is 1. The molecule has 1 aromatic carbocycles. The van der Waals surface area contributed by atoms with Crippen molar-refractivity contribution in [3.05, 3.63) is 35.6 Å². The van der Waals surface area contributed by atoms with E-state index in [9.17, 15) is 4.79 Å². The molecule has 0 atom stereocenters. The highest BCUT2D eigenvalue weighted by atomic mass is 16.6. The van der Waals surface area contributed by atoms with Crippen molar-refractivity contribution < 1.29 is 13.9 Å².